The number of aromatic amines is 1. The van der Waals surface area contributed by atoms with Crippen LogP contribution in [0.4, 0.5) is 5.82 Å². The lowest BCUT2D eigenvalue weighted by Gasteiger charge is -2.02. The van der Waals surface area contributed by atoms with Gasteiger partial charge < -0.3 is 5.73 Å². The molecule has 0 saturated carbocycles. The van der Waals surface area contributed by atoms with Gasteiger partial charge in [0.2, 0.25) is 0 Å². The van der Waals surface area contributed by atoms with Crippen molar-refractivity contribution in [2.45, 2.75) is 0 Å². The van der Waals surface area contributed by atoms with Gasteiger partial charge in [-0.1, -0.05) is 0 Å². The summed E-state index contributed by atoms with van der Waals surface area (Å²) in [6, 6.07) is 4.39. The van der Waals surface area contributed by atoms with Crippen molar-refractivity contribution in [1.29, 1.82) is 0 Å². The lowest BCUT2D eigenvalue weighted by atomic mass is 10.4. The number of nitrogens with zero attached hydrogens (tertiary/aromatic N) is 2. The highest BCUT2D eigenvalue weighted by atomic mass is 16.2. The van der Waals surface area contributed by atoms with Crippen LogP contribution in [0.1, 0.15) is 0 Å². The van der Waals surface area contributed by atoms with E-state index in [1.54, 1.807) is 18.3 Å². The summed E-state index contributed by atoms with van der Waals surface area (Å²) >= 11 is 0. The van der Waals surface area contributed by atoms with Gasteiger partial charge in [0.05, 0.1) is 11.9 Å². The topological polar surface area (TPSA) is 93.8 Å². The van der Waals surface area contributed by atoms with E-state index in [9.17, 15) is 9.59 Å². The van der Waals surface area contributed by atoms with Gasteiger partial charge in [-0.15, -0.1) is 0 Å². The standard InChI is InChI=1S/C9H8N4O2/c10-7-4-8(14)13(9(15)12-7)6-2-1-3-11-5-6/h1-5H,10H2,(H,12,15). The number of aromatic nitrogens is 3. The summed E-state index contributed by atoms with van der Waals surface area (Å²) in [5.74, 6) is 0.0464. The highest BCUT2D eigenvalue weighted by Gasteiger charge is 2.04. The number of nitrogen functional groups attached to an aromatic ring is 1. The van der Waals surface area contributed by atoms with Gasteiger partial charge in [0.1, 0.15) is 5.82 Å². The molecule has 2 rings (SSSR count). The molecule has 0 bridgehead atoms. The summed E-state index contributed by atoms with van der Waals surface area (Å²) in [6.07, 6.45) is 2.98. The van der Waals surface area contributed by atoms with Gasteiger partial charge in [-0.2, -0.15) is 0 Å². The Morgan fingerprint density at radius 3 is 2.80 bits per heavy atom. The SMILES string of the molecule is Nc1cc(=O)n(-c2cccnc2)c(=O)[nH]1. The van der Waals surface area contributed by atoms with Crippen LogP contribution in [0.2, 0.25) is 0 Å². The third-order valence-electron chi connectivity index (χ3n) is 1.86. The van der Waals surface area contributed by atoms with Crippen LogP contribution in [-0.4, -0.2) is 14.5 Å². The lowest BCUT2D eigenvalue weighted by molar-refractivity contribution is 0.875. The quantitative estimate of drug-likeness (QED) is 0.655. The van der Waals surface area contributed by atoms with Crippen LogP contribution < -0.4 is 17.0 Å². The van der Waals surface area contributed by atoms with E-state index in [-0.39, 0.29) is 5.82 Å². The van der Waals surface area contributed by atoms with Crippen LogP contribution >= 0.6 is 0 Å². The minimum absolute atomic E-state index is 0.0464. The Labute approximate surface area is 84.0 Å². The maximum absolute atomic E-state index is 11.5. The molecule has 76 valence electrons. The fourth-order valence-corrected chi connectivity index (χ4v) is 1.24. The zero-order valence-electron chi connectivity index (χ0n) is 7.68. The van der Waals surface area contributed by atoms with Crippen molar-refractivity contribution in [3.8, 4) is 5.69 Å². The first-order valence-corrected chi connectivity index (χ1v) is 4.21. The second-order valence-electron chi connectivity index (χ2n) is 2.91. The number of nitrogens with two attached hydrogens (primary N) is 1. The maximum Gasteiger partial charge on any atom is 0.334 e. The second kappa shape index (κ2) is 3.41. The predicted molar refractivity (Wildman–Crippen MR) is 54.9 cm³/mol. The number of anilines is 1. The van der Waals surface area contributed by atoms with Crippen LogP contribution in [0, 0.1) is 0 Å². The largest absolute Gasteiger partial charge is 0.385 e. The smallest absolute Gasteiger partial charge is 0.334 e. The summed E-state index contributed by atoms with van der Waals surface area (Å²) < 4.78 is 0.962. The molecule has 0 fully saturated rings. The van der Waals surface area contributed by atoms with Crippen LogP contribution in [0.3, 0.4) is 0 Å². The van der Waals surface area contributed by atoms with E-state index in [1.165, 1.54) is 6.20 Å². The Bertz CT molecular complexity index is 554. The molecule has 0 saturated heterocycles. The van der Waals surface area contributed by atoms with Crippen molar-refractivity contribution in [1.82, 2.24) is 14.5 Å². The average Bonchev–Trinajstić information content (AvgIpc) is 2.17. The second-order valence-corrected chi connectivity index (χ2v) is 2.91. The molecule has 2 aromatic heterocycles. The number of hydrogen-bond donors (Lipinski definition) is 2. The Morgan fingerprint density at radius 2 is 2.20 bits per heavy atom. The van der Waals surface area contributed by atoms with Crippen molar-refractivity contribution in [3.05, 3.63) is 51.4 Å². The summed E-state index contributed by atoms with van der Waals surface area (Å²) in [6.45, 7) is 0. The molecule has 2 aromatic rings. The molecular weight excluding hydrogens is 196 g/mol. The van der Waals surface area contributed by atoms with Crippen LogP contribution in [0.5, 0.6) is 0 Å². The van der Waals surface area contributed by atoms with Crippen LogP contribution in [0.25, 0.3) is 5.69 Å². The zero-order valence-corrected chi connectivity index (χ0v) is 7.68. The van der Waals surface area contributed by atoms with Crippen molar-refractivity contribution in [2.75, 3.05) is 5.73 Å². The fraction of sp³-hybridized carbons (Fsp3) is 0. The van der Waals surface area contributed by atoms with E-state index in [4.69, 9.17) is 5.73 Å². The first-order chi connectivity index (χ1) is 7.18. The first-order valence-electron chi connectivity index (χ1n) is 4.21. The molecule has 0 amide bonds. The Kier molecular flexibility index (Phi) is 2.09. The van der Waals surface area contributed by atoms with Gasteiger partial charge >= 0.3 is 5.69 Å². The summed E-state index contributed by atoms with van der Waals surface area (Å²) in [7, 11) is 0. The van der Waals surface area contributed by atoms with Crippen molar-refractivity contribution in [2.24, 2.45) is 0 Å². The number of nitrogens with one attached hydrogen (secondary N) is 1. The van der Waals surface area contributed by atoms with E-state index in [0.717, 1.165) is 10.6 Å². The molecule has 0 aromatic carbocycles. The molecule has 0 atom stereocenters. The summed E-state index contributed by atoms with van der Waals surface area (Å²) in [5, 5.41) is 0. The van der Waals surface area contributed by atoms with Crippen molar-refractivity contribution < 1.29 is 0 Å². The minimum Gasteiger partial charge on any atom is -0.385 e. The van der Waals surface area contributed by atoms with Crippen molar-refractivity contribution >= 4 is 5.82 Å². The molecule has 0 aliphatic heterocycles. The number of rotatable bonds is 1. The maximum atomic E-state index is 11.5. The van der Waals surface area contributed by atoms with Gasteiger partial charge in [0, 0.05) is 12.3 Å². The van der Waals surface area contributed by atoms with E-state index >= 15 is 0 Å². The number of hydrogen-bond acceptors (Lipinski definition) is 4. The highest BCUT2D eigenvalue weighted by Crippen LogP contribution is 1.97. The molecule has 2 heterocycles. The molecule has 6 nitrogen and oxygen atoms in total. The monoisotopic (exact) mass is 204 g/mol. The Hall–Kier alpha value is -2.37. The zero-order chi connectivity index (χ0) is 10.8. The molecule has 0 unspecified atom stereocenters. The normalized spacial score (nSPS) is 10.1. The Balaban J connectivity index is 2.75. The predicted octanol–water partition coefficient (Wildman–Crippen LogP) is -0.497. The third kappa shape index (κ3) is 1.64. The fourth-order valence-electron chi connectivity index (χ4n) is 1.24. The number of H-pyrrole nitrogens is 1. The van der Waals surface area contributed by atoms with Gasteiger partial charge in [-0.05, 0) is 12.1 Å². The third-order valence-corrected chi connectivity index (χ3v) is 1.86. The molecular formula is C9H8N4O2. The molecule has 0 aliphatic rings. The molecule has 0 radical (unpaired) electrons. The summed E-state index contributed by atoms with van der Waals surface area (Å²) in [4.78, 5) is 29.1. The van der Waals surface area contributed by atoms with E-state index < -0.39 is 11.2 Å². The number of pyridine rings is 1. The van der Waals surface area contributed by atoms with Gasteiger partial charge in [-0.3, -0.25) is 14.8 Å². The summed E-state index contributed by atoms with van der Waals surface area (Å²) in [5.41, 5.74) is 4.67. The molecule has 0 spiro atoms. The molecule has 0 aliphatic carbocycles. The molecule has 6 heteroatoms. The van der Waals surface area contributed by atoms with Crippen LogP contribution in [-0.2, 0) is 0 Å². The Morgan fingerprint density at radius 1 is 1.40 bits per heavy atom. The van der Waals surface area contributed by atoms with Crippen molar-refractivity contribution in [3.63, 3.8) is 0 Å². The van der Waals surface area contributed by atoms with E-state index in [2.05, 4.69) is 9.97 Å². The van der Waals surface area contributed by atoms with Gasteiger partial charge in [0.25, 0.3) is 5.56 Å². The highest BCUT2D eigenvalue weighted by molar-refractivity contribution is 5.31. The molecule has 3 N–H and O–H groups in total. The van der Waals surface area contributed by atoms with Gasteiger partial charge in [-0.25, -0.2) is 9.36 Å². The average molecular weight is 204 g/mol. The van der Waals surface area contributed by atoms with Crippen LogP contribution in [0.15, 0.2) is 40.2 Å². The van der Waals surface area contributed by atoms with E-state index in [0.29, 0.717) is 5.69 Å². The van der Waals surface area contributed by atoms with Gasteiger partial charge in [0.15, 0.2) is 0 Å². The minimum atomic E-state index is -0.576. The van der Waals surface area contributed by atoms with E-state index in [1.807, 2.05) is 0 Å². The lowest BCUT2D eigenvalue weighted by Crippen LogP contribution is -2.33. The first kappa shape index (κ1) is 9.20. The molecule has 15 heavy (non-hydrogen) atoms.